The van der Waals surface area contributed by atoms with Gasteiger partial charge in [0.25, 0.3) is 0 Å². The lowest BCUT2D eigenvalue weighted by Crippen LogP contribution is -2.50. The second-order valence-corrected chi connectivity index (χ2v) is 7.48. The number of amides is 2. The maximum atomic E-state index is 12.1. The van der Waals surface area contributed by atoms with Crippen molar-refractivity contribution in [3.63, 3.8) is 0 Å². The highest BCUT2D eigenvalue weighted by Crippen LogP contribution is 2.30. The van der Waals surface area contributed by atoms with Crippen molar-refractivity contribution in [3.8, 4) is 0 Å². The van der Waals surface area contributed by atoms with Crippen LogP contribution in [0.5, 0.6) is 0 Å². The van der Waals surface area contributed by atoms with Gasteiger partial charge in [-0.15, -0.1) is 0 Å². The zero-order valence-corrected chi connectivity index (χ0v) is 15.2. The van der Waals surface area contributed by atoms with E-state index < -0.39 is 5.97 Å². The van der Waals surface area contributed by atoms with Gasteiger partial charge in [-0.3, -0.25) is 29.5 Å². The highest BCUT2D eigenvalue weighted by Gasteiger charge is 2.34. The van der Waals surface area contributed by atoms with Gasteiger partial charge in [-0.1, -0.05) is 6.07 Å². The van der Waals surface area contributed by atoms with Crippen molar-refractivity contribution in [3.05, 3.63) is 29.3 Å². The van der Waals surface area contributed by atoms with E-state index in [1.807, 2.05) is 4.90 Å². The Morgan fingerprint density at radius 3 is 2.56 bits per heavy atom. The highest BCUT2D eigenvalue weighted by atomic mass is 16.4. The van der Waals surface area contributed by atoms with E-state index in [1.54, 1.807) is 0 Å². The first kappa shape index (κ1) is 17.9. The predicted octanol–water partition coefficient (Wildman–Crippen LogP) is 0.0140. The summed E-state index contributed by atoms with van der Waals surface area (Å²) in [5, 5.41) is 11.4. The first-order valence-electron chi connectivity index (χ1n) is 9.38. The molecule has 1 aromatic carbocycles. The molecule has 2 N–H and O–H groups in total. The van der Waals surface area contributed by atoms with E-state index in [0.717, 1.165) is 38.4 Å². The van der Waals surface area contributed by atoms with Gasteiger partial charge in [-0.25, -0.2) is 0 Å². The number of piperazine rings is 1. The summed E-state index contributed by atoms with van der Waals surface area (Å²) in [6, 6.07) is 6.19. The third kappa shape index (κ3) is 3.81. The first-order valence-corrected chi connectivity index (χ1v) is 9.38. The van der Waals surface area contributed by atoms with E-state index in [-0.39, 0.29) is 24.4 Å². The molecule has 27 heavy (non-hydrogen) atoms. The number of hydrogen-bond acceptors (Lipinski definition) is 6. The van der Waals surface area contributed by atoms with E-state index in [2.05, 4.69) is 33.3 Å². The number of benzene rings is 1. The third-order valence-electron chi connectivity index (χ3n) is 5.68. The maximum Gasteiger partial charge on any atom is 0.317 e. The van der Waals surface area contributed by atoms with Crippen LogP contribution in [0.3, 0.4) is 0 Å². The summed E-state index contributed by atoms with van der Waals surface area (Å²) >= 11 is 0. The molecule has 8 heteroatoms. The number of carboxylic acid groups (broad SMARTS) is 1. The summed E-state index contributed by atoms with van der Waals surface area (Å²) in [5.41, 5.74) is 3.60. The number of carboxylic acids is 1. The summed E-state index contributed by atoms with van der Waals surface area (Å²) in [7, 11) is 0. The van der Waals surface area contributed by atoms with Crippen molar-refractivity contribution in [1.29, 1.82) is 0 Å². The molecule has 0 spiro atoms. The molecule has 0 bridgehead atoms. The number of carbonyl (C=O) groups excluding carboxylic acids is 2. The standard InChI is InChI=1S/C19H24N4O4/c24-17-4-3-16(19(27)20-17)23-10-13-1-2-15(9-14(13)11-23)22-7-5-21(6-8-22)12-18(25)26/h1-2,9,16H,3-8,10-12H2,(H,25,26)(H,20,24,27). The van der Waals surface area contributed by atoms with Crippen molar-refractivity contribution in [1.82, 2.24) is 15.1 Å². The first-order chi connectivity index (χ1) is 13.0. The summed E-state index contributed by atoms with van der Waals surface area (Å²) in [6.07, 6.45) is 0.978. The lowest BCUT2D eigenvalue weighted by atomic mass is 10.0. The molecular weight excluding hydrogens is 348 g/mol. The molecule has 0 aromatic heterocycles. The van der Waals surface area contributed by atoms with Crippen LogP contribution in [0.25, 0.3) is 0 Å². The Bertz CT molecular complexity index is 773. The second-order valence-electron chi connectivity index (χ2n) is 7.48. The van der Waals surface area contributed by atoms with Gasteiger partial charge >= 0.3 is 5.97 Å². The van der Waals surface area contributed by atoms with Gasteiger partial charge in [0.1, 0.15) is 0 Å². The minimum Gasteiger partial charge on any atom is -0.480 e. The van der Waals surface area contributed by atoms with Gasteiger partial charge < -0.3 is 10.0 Å². The van der Waals surface area contributed by atoms with E-state index in [0.29, 0.717) is 19.4 Å². The Morgan fingerprint density at radius 1 is 1.11 bits per heavy atom. The summed E-state index contributed by atoms with van der Waals surface area (Å²) in [4.78, 5) is 40.7. The molecule has 8 nitrogen and oxygen atoms in total. The molecule has 0 saturated carbocycles. The van der Waals surface area contributed by atoms with Crippen LogP contribution in [0.1, 0.15) is 24.0 Å². The molecule has 3 aliphatic heterocycles. The van der Waals surface area contributed by atoms with Crippen molar-refractivity contribution in [2.75, 3.05) is 37.6 Å². The fourth-order valence-electron chi connectivity index (χ4n) is 4.21. The Labute approximate surface area is 157 Å². The van der Waals surface area contributed by atoms with Crippen molar-refractivity contribution >= 4 is 23.5 Å². The number of nitrogens with one attached hydrogen (secondary N) is 1. The van der Waals surface area contributed by atoms with Gasteiger partial charge in [0.15, 0.2) is 0 Å². The number of carbonyl (C=O) groups is 3. The average molecular weight is 372 g/mol. The SMILES string of the molecule is O=C(O)CN1CCN(c2ccc3c(c2)CN(C2CCC(=O)NC2=O)C3)CC1. The van der Waals surface area contributed by atoms with E-state index in [4.69, 9.17) is 5.11 Å². The second kappa shape index (κ2) is 7.28. The molecule has 3 aliphatic rings. The fraction of sp³-hybridized carbons (Fsp3) is 0.526. The largest absolute Gasteiger partial charge is 0.480 e. The number of fused-ring (bicyclic) bond motifs is 1. The molecular formula is C19H24N4O4. The molecule has 2 amide bonds. The molecule has 0 radical (unpaired) electrons. The molecule has 1 atom stereocenters. The van der Waals surface area contributed by atoms with Gasteiger partial charge in [-0.05, 0) is 29.7 Å². The van der Waals surface area contributed by atoms with E-state index in [1.165, 1.54) is 11.1 Å². The number of piperidine rings is 1. The highest BCUT2D eigenvalue weighted by molar-refractivity contribution is 6.00. The van der Waals surface area contributed by atoms with E-state index >= 15 is 0 Å². The molecule has 1 unspecified atom stereocenters. The molecule has 3 heterocycles. The van der Waals surface area contributed by atoms with Crippen LogP contribution < -0.4 is 10.2 Å². The van der Waals surface area contributed by atoms with Crippen LogP contribution in [0.2, 0.25) is 0 Å². The number of hydrogen-bond donors (Lipinski definition) is 2. The zero-order chi connectivity index (χ0) is 19.0. The van der Waals surface area contributed by atoms with Crippen LogP contribution in [-0.2, 0) is 27.5 Å². The Morgan fingerprint density at radius 2 is 1.85 bits per heavy atom. The zero-order valence-electron chi connectivity index (χ0n) is 15.2. The predicted molar refractivity (Wildman–Crippen MR) is 98.1 cm³/mol. The van der Waals surface area contributed by atoms with Crippen molar-refractivity contribution in [2.45, 2.75) is 32.0 Å². The number of imide groups is 1. The van der Waals surface area contributed by atoms with Gasteiger partial charge in [0, 0.05) is 51.4 Å². The Balaban J connectivity index is 1.39. The average Bonchev–Trinajstić information content (AvgIpc) is 3.04. The maximum absolute atomic E-state index is 12.1. The van der Waals surface area contributed by atoms with Gasteiger partial charge in [0.05, 0.1) is 12.6 Å². The molecule has 4 rings (SSSR count). The minimum atomic E-state index is -0.783. The number of rotatable bonds is 4. The number of nitrogens with zero attached hydrogens (tertiary/aromatic N) is 3. The summed E-state index contributed by atoms with van der Waals surface area (Å²) in [5.74, 6) is -1.15. The smallest absolute Gasteiger partial charge is 0.317 e. The van der Waals surface area contributed by atoms with Crippen molar-refractivity contribution < 1.29 is 19.5 Å². The molecule has 144 valence electrons. The minimum absolute atomic E-state index is 0.0962. The van der Waals surface area contributed by atoms with Crippen LogP contribution in [0, 0.1) is 0 Å². The van der Waals surface area contributed by atoms with Crippen LogP contribution in [-0.4, -0.2) is 71.5 Å². The van der Waals surface area contributed by atoms with Crippen molar-refractivity contribution in [2.24, 2.45) is 0 Å². The summed E-state index contributed by atoms with van der Waals surface area (Å²) < 4.78 is 0. The monoisotopic (exact) mass is 372 g/mol. The van der Waals surface area contributed by atoms with Crippen LogP contribution in [0.4, 0.5) is 5.69 Å². The van der Waals surface area contributed by atoms with Gasteiger partial charge in [0.2, 0.25) is 11.8 Å². The molecule has 0 aliphatic carbocycles. The fourth-order valence-corrected chi connectivity index (χ4v) is 4.21. The Hall–Kier alpha value is -2.45. The van der Waals surface area contributed by atoms with Crippen LogP contribution in [0.15, 0.2) is 18.2 Å². The Kier molecular flexibility index (Phi) is 4.84. The van der Waals surface area contributed by atoms with E-state index in [9.17, 15) is 14.4 Å². The topological polar surface area (TPSA) is 93.2 Å². The van der Waals surface area contributed by atoms with Gasteiger partial charge in [-0.2, -0.15) is 0 Å². The summed E-state index contributed by atoms with van der Waals surface area (Å²) in [6.45, 7) is 4.64. The molecule has 2 saturated heterocycles. The number of anilines is 1. The normalized spacial score (nSPS) is 24.0. The lowest BCUT2D eigenvalue weighted by molar-refractivity contribution is -0.139. The number of aliphatic carboxylic acids is 1. The van der Waals surface area contributed by atoms with Crippen LogP contribution >= 0.6 is 0 Å². The molecule has 2 fully saturated rings. The lowest BCUT2D eigenvalue weighted by Gasteiger charge is -2.35. The quantitative estimate of drug-likeness (QED) is 0.720. The molecule has 1 aromatic rings. The third-order valence-corrected chi connectivity index (χ3v) is 5.68.